The Morgan fingerprint density at radius 1 is 1.21 bits per heavy atom. The minimum Gasteiger partial charge on any atom is -0.476 e. The number of hydrogen-bond donors (Lipinski definition) is 0. The molecule has 0 N–H and O–H groups in total. The summed E-state index contributed by atoms with van der Waals surface area (Å²) in [5.41, 5.74) is 5.32. The first-order chi connectivity index (χ1) is 13.7. The van der Waals surface area contributed by atoms with Crippen LogP contribution < -0.4 is 9.64 Å². The molecule has 2 aromatic heterocycles. The second-order valence-electron chi connectivity index (χ2n) is 7.82. The van der Waals surface area contributed by atoms with Gasteiger partial charge in [0.15, 0.2) is 0 Å². The van der Waals surface area contributed by atoms with Crippen LogP contribution in [0.2, 0.25) is 0 Å². The first-order valence-electron chi connectivity index (χ1n) is 10.3. The highest BCUT2D eigenvalue weighted by atomic mass is 16.5. The molecule has 1 saturated heterocycles. The summed E-state index contributed by atoms with van der Waals surface area (Å²) < 4.78 is 5.93. The maximum absolute atomic E-state index is 9.56. The van der Waals surface area contributed by atoms with Crippen LogP contribution in [0.1, 0.15) is 54.3 Å². The van der Waals surface area contributed by atoms with E-state index in [1.807, 2.05) is 13.0 Å². The minimum atomic E-state index is 0.490. The van der Waals surface area contributed by atoms with Crippen molar-refractivity contribution < 1.29 is 4.74 Å². The Morgan fingerprint density at radius 3 is 2.79 bits per heavy atom. The standard InChI is InChI=1S/C22H27N5O/c1-3-17-12-21(26-25-15(17)2)28-14-16-7-9-27(10-8-16)22-19(13-23)11-18-5-4-6-20(18)24-22/h11-12,16H,3-10,14H2,1-2H3. The van der Waals surface area contributed by atoms with Crippen molar-refractivity contribution in [2.24, 2.45) is 5.92 Å². The number of aromatic nitrogens is 3. The normalized spacial score (nSPS) is 16.7. The highest BCUT2D eigenvalue weighted by molar-refractivity contribution is 5.57. The lowest BCUT2D eigenvalue weighted by atomic mass is 9.97. The molecule has 0 saturated carbocycles. The van der Waals surface area contributed by atoms with E-state index in [0.29, 0.717) is 18.4 Å². The molecule has 0 aromatic carbocycles. The van der Waals surface area contributed by atoms with E-state index in [-0.39, 0.29) is 0 Å². The predicted molar refractivity (Wildman–Crippen MR) is 108 cm³/mol. The SMILES string of the molecule is CCc1cc(OCC2CCN(c3nc4c(cc3C#N)CCC4)CC2)nnc1C. The van der Waals surface area contributed by atoms with E-state index >= 15 is 0 Å². The number of hydrogen-bond acceptors (Lipinski definition) is 6. The summed E-state index contributed by atoms with van der Waals surface area (Å²) in [5.74, 6) is 1.99. The Morgan fingerprint density at radius 2 is 2.04 bits per heavy atom. The largest absolute Gasteiger partial charge is 0.476 e. The predicted octanol–water partition coefficient (Wildman–Crippen LogP) is 3.40. The summed E-state index contributed by atoms with van der Waals surface area (Å²) in [6.07, 6.45) is 6.24. The molecule has 0 radical (unpaired) electrons. The van der Waals surface area contributed by atoms with E-state index in [1.54, 1.807) is 0 Å². The van der Waals surface area contributed by atoms with Gasteiger partial charge in [-0.25, -0.2) is 4.98 Å². The van der Waals surface area contributed by atoms with Crippen LogP contribution in [0, 0.1) is 24.2 Å². The third-order valence-corrected chi connectivity index (χ3v) is 5.97. The number of aryl methyl sites for hydroxylation is 4. The molecule has 2 aromatic rings. The Balaban J connectivity index is 1.36. The van der Waals surface area contributed by atoms with Crippen molar-refractivity contribution in [1.29, 1.82) is 5.26 Å². The molecule has 0 unspecified atom stereocenters. The van der Waals surface area contributed by atoms with Crippen LogP contribution in [0.3, 0.4) is 0 Å². The second-order valence-corrected chi connectivity index (χ2v) is 7.82. The summed E-state index contributed by atoms with van der Waals surface area (Å²) in [7, 11) is 0. The number of rotatable bonds is 5. The molecule has 146 valence electrons. The minimum absolute atomic E-state index is 0.490. The quantitative estimate of drug-likeness (QED) is 0.795. The lowest BCUT2D eigenvalue weighted by molar-refractivity contribution is 0.213. The van der Waals surface area contributed by atoms with Gasteiger partial charge in [-0.15, -0.1) is 5.10 Å². The number of ether oxygens (including phenoxy) is 1. The summed E-state index contributed by atoms with van der Waals surface area (Å²) in [6, 6.07) is 6.41. The van der Waals surface area contributed by atoms with Crippen molar-refractivity contribution in [2.45, 2.75) is 52.4 Å². The molecule has 0 bridgehead atoms. The van der Waals surface area contributed by atoms with Gasteiger partial charge < -0.3 is 9.64 Å². The van der Waals surface area contributed by atoms with Crippen molar-refractivity contribution in [3.63, 3.8) is 0 Å². The van der Waals surface area contributed by atoms with Crippen LogP contribution in [-0.2, 0) is 19.3 Å². The molecule has 4 rings (SSSR count). The highest BCUT2D eigenvalue weighted by Gasteiger charge is 2.25. The second kappa shape index (κ2) is 8.14. The van der Waals surface area contributed by atoms with Gasteiger partial charge in [-0.1, -0.05) is 6.92 Å². The van der Waals surface area contributed by atoms with E-state index < -0.39 is 0 Å². The molecule has 0 spiro atoms. The van der Waals surface area contributed by atoms with E-state index in [2.05, 4.69) is 34.2 Å². The molecule has 1 aliphatic carbocycles. The number of anilines is 1. The lowest BCUT2D eigenvalue weighted by Gasteiger charge is -2.33. The van der Waals surface area contributed by atoms with Crippen molar-refractivity contribution in [3.05, 3.63) is 40.2 Å². The van der Waals surface area contributed by atoms with Crippen molar-refractivity contribution in [1.82, 2.24) is 15.2 Å². The summed E-state index contributed by atoms with van der Waals surface area (Å²) >= 11 is 0. The fourth-order valence-electron chi connectivity index (χ4n) is 4.20. The number of piperidine rings is 1. The van der Waals surface area contributed by atoms with Crippen LogP contribution in [-0.4, -0.2) is 34.9 Å². The Labute approximate surface area is 166 Å². The van der Waals surface area contributed by atoms with Crippen molar-refractivity contribution in [2.75, 3.05) is 24.6 Å². The molecule has 6 nitrogen and oxygen atoms in total. The van der Waals surface area contributed by atoms with Gasteiger partial charge in [0.2, 0.25) is 5.88 Å². The number of nitriles is 1. The summed E-state index contributed by atoms with van der Waals surface area (Å²) in [5, 5.41) is 17.9. The molecule has 0 atom stereocenters. The zero-order valence-electron chi connectivity index (χ0n) is 16.7. The molecule has 2 aliphatic rings. The highest BCUT2D eigenvalue weighted by Crippen LogP contribution is 2.30. The monoisotopic (exact) mass is 377 g/mol. The third-order valence-electron chi connectivity index (χ3n) is 5.97. The molecular weight excluding hydrogens is 350 g/mol. The van der Waals surface area contributed by atoms with Gasteiger partial charge in [-0.2, -0.15) is 10.4 Å². The van der Waals surface area contributed by atoms with Crippen LogP contribution in [0.25, 0.3) is 0 Å². The van der Waals surface area contributed by atoms with E-state index in [1.165, 1.54) is 16.8 Å². The maximum Gasteiger partial charge on any atom is 0.233 e. The van der Waals surface area contributed by atoms with Crippen LogP contribution in [0.5, 0.6) is 5.88 Å². The van der Waals surface area contributed by atoms with Gasteiger partial charge in [0.1, 0.15) is 11.9 Å². The van der Waals surface area contributed by atoms with Gasteiger partial charge >= 0.3 is 0 Å². The third kappa shape index (κ3) is 3.80. The fourth-order valence-corrected chi connectivity index (χ4v) is 4.20. The van der Waals surface area contributed by atoms with Gasteiger partial charge in [-0.3, -0.25) is 0 Å². The van der Waals surface area contributed by atoms with Crippen LogP contribution in [0.4, 0.5) is 5.82 Å². The zero-order chi connectivity index (χ0) is 19.5. The molecule has 6 heteroatoms. The molecular formula is C22H27N5O. The lowest BCUT2D eigenvalue weighted by Crippen LogP contribution is -2.36. The van der Waals surface area contributed by atoms with E-state index in [4.69, 9.17) is 9.72 Å². The summed E-state index contributed by atoms with van der Waals surface area (Å²) in [4.78, 5) is 7.12. The fraction of sp³-hybridized carbons (Fsp3) is 0.545. The summed E-state index contributed by atoms with van der Waals surface area (Å²) in [6.45, 7) is 6.58. The topological polar surface area (TPSA) is 74.9 Å². The first-order valence-corrected chi connectivity index (χ1v) is 10.3. The number of nitrogens with zero attached hydrogens (tertiary/aromatic N) is 5. The number of pyridine rings is 1. The average Bonchev–Trinajstić information content (AvgIpc) is 3.20. The van der Waals surface area contributed by atoms with Gasteiger partial charge in [0, 0.05) is 24.8 Å². The van der Waals surface area contributed by atoms with Crippen molar-refractivity contribution >= 4 is 5.82 Å². The van der Waals surface area contributed by atoms with Gasteiger partial charge in [0.25, 0.3) is 0 Å². The van der Waals surface area contributed by atoms with E-state index in [0.717, 1.165) is 68.7 Å². The smallest absolute Gasteiger partial charge is 0.233 e. The molecule has 1 aliphatic heterocycles. The Bertz CT molecular complexity index is 897. The first kappa shape index (κ1) is 18.7. The maximum atomic E-state index is 9.56. The Hall–Kier alpha value is -2.68. The van der Waals surface area contributed by atoms with Crippen LogP contribution in [0.15, 0.2) is 12.1 Å². The molecule has 0 amide bonds. The molecule has 28 heavy (non-hydrogen) atoms. The number of fused-ring (bicyclic) bond motifs is 1. The van der Waals surface area contributed by atoms with Gasteiger partial charge in [-0.05, 0) is 68.6 Å². The van der Waals surface area contributed by atoms with E-state index in [9.17, 15) is 5.26 Å². The van der Waals surface area contributed by atoms with Crippen molar-refractivity contribution in [3.8, 4) is 11.9 Å². The van der Waals surface area contributed by atoms with Crippen LogP contribution >= 0.6 is 0 Å². The zero-order valence-corrected chi connectivity index (χ0v) is 16.7. The molecule has 3 heterocycles. The average molecular weight is 377 g/mol. The molecule has 1 fully saturated rings. The Kier molecular flexibility index (Phi) is 5.43. The van der Waals surface area contributed by atoms with Gasteiger partial charge in [0.05, 0.1) is 17.9 Å².